The van der Waals surface area contributed by atoms with Gasteiger partial charge in [0.25, 0.3) is 0 Å². The Morgan fingerprint density at radius 3 is 3.05 bits per heavy atom. The molecule has 7 nitrogen and oxygen atoms in total. The van der Waals surface area contributed by atoms with Crippen molar-refractivity contribution in [3.05, 3.63) is 42.1 Å². The Kier molecular flexibility index (Phi) is 3.47. The monoisotopic (exact) mass is 288 g/mol. The zero-order valence-corrected chi connectivity index (χ0v) is 11.7. The van der Waals surface area contributed by atoms with Gasteiger partial charge in [0.15, 0.2) is 0 Å². The third-order valence-electron chi connectivity index (χ3n) is 3.56. The second-order valence-corrected chi connectivity index (χ2v) is 4.98. The molecular weight excluding hydrogens is 272 g/mol. The lowest BCUT2D eigenvalue weighted by atomic mass is 10.1. The molecule has 0 unspecified atom stereocenters. The van der Waals surface area contributed by atoms with Gasteiger partial charge in [0.05, 0.1) is 31.6 Å². The molecule has 1 atom stereocenters. The van der Waals surface area contributed by atoms with Crippen molar-refractivity contribution in [1.29, 1.82) is 0 Å². The van der Waals surface area contributed by atoms with Gasteiger partial charge in [0, 0.05) is 13.1 Å². The first kappa shape index (κ1) is 13.4. The van der Waals surface area contributed by atoms with Gasteiger partial charge >= 0.3 is 0 Å². The van der Waals surface area contributed by atoms with E-state index < -0.39 is 6.04 Å². The predicted octanol–water partition coefficient (Wildman–Crippen LogP) is 0.696. The molecule has 2 aromatic rings. The standard InChI is InChI=1S/C14H16N4O3/c1-10(19)17-8-11-4-5-16-18(11)13(9-17)14(20)15-7-12-3-2-6-21-12/h2-6,13H,7-9H2,1H3,(H,15,20)/t13-/m1/s1. The van der Waals surface area contributed by atoms with E-state index in [1.807, 2.05) is 6.07 Å². The summed E-state index contributed by atoms with van der Waals surface area (Å²) < 4.78 is 6.86. The number of hydrogen-bond acceptors (Lipinski definition) is 4. The molecule has 0 saturated carbocycles. The van der Waals surface area contributed by atoms with Crippen molar-refractivity contribution in [1.82, 2.24) is 20.0 Å². The van der Waals surface area contributed by atoms with E-state index in [2.05, 4.69) is 10.4 Å². The van der Waals surface area contributed by atoms with E-state index in [0.717, 1.165) is 5.69 Å². The predicted molar refractivity (Wildman–Crippen MR) is 72.9 cm³/mol. The molecule has 0 spiro atoms. The molecule has 0 aromatic carbocycles. The van der Waals surface area contributed by atoms with Crippen LogP contribution in [0.5, 0.6) is 0 Å². The second-order valence-electron chi connectivity index (χ2n) is 4.98. The van der Waals surface area contributed by atoms with E-state index in [0.29, 0.717) is 25.4 Å². The van der Waals surface area contributed by atoms with Gasteiger partial charge < -0.3 is 14.6 Å². The first-order chi connectivity index (χ1) is 10.1. The molecule has 0 bridgehead atoms. The van der Waals surface area contributed by atoms with Crippen LogP contribution in [-0.4, -0.2) is 33.0 Å². The third kappa shape index (κ3) is 2.67. The number of carbonyl (C=O) groups excluding carboxylic acids is 2. The van der Waals surface area contributed by atoms with Gasteiger partial charge in [0.2, 0.25) is 11.8 Å². The number of nitrogens with one attached hydrogen (secondary N) is 1. The van der Waals surface area contributed by atoms with Crippen LogP contribution in [0.25, 0.3) is 0 Å². The Hall–Kier alpha value is -2.57. The summed E-state index contributed by atoms with van der Waals surface area (Å²) in [5.74, 6) is 0.455. The molecule has 0 fully saturated rings. The molecule has 21 heavy (non-hydrogen) atoms. The van der Waals surface area contributed by atoms with Crippen molar-refractivity contribution < 1.29 is 14.0 Å². The Balaban J connectivity index is 1.74. The lowest BCUT2D eigenvalue weighted by molar-refractivity contribution is -0.133. The van der Waals surface area contributed by atoms with Gasteiger partial charge in [0.1, 0.15) is 11.8 Å². The fourth-order valence-corrected chi connectivity index (χ4v) is 2.43. The van der Waals surface area contributed by atoms with Crippen molar-refractivity contribution in [3.8, 4) is 0 Å². The minimum atomic E-state index is -0.511. The highest BCUT2D eigenvalue weighted by atomic mass is 16.3. The second kappa shape index (κ2) is 5.43. The van der Waals surface area contributed by atoms with Crippen LogP contribution in [-0.2, 0) is 22.7 Å². The van der Waals surface area contributed by atoms with E-state index in [9.17, 15) is 9.59 Å². The first-order valence-corrected chi connectivity index (χ1v) is 6.73. The Labute approximate surface area is 121 Å². The number of aromatic nitrogens is 2. The minimum Gasteiger partial charge on any atom is -0.467 e. The van der Waals surface area contributed by atoms with E-state index in [4.69, 9.17) is 4.42 Å². The molecule has 1 N–H and O–H groups in total. The van der Waals surface area contributed by atoms with Crippen LogP contribution in [0, 0.1) is 0 Å². The summed E-state index contributed by atoms with van der Waals surface area (Å²) >= 11 is 0. The SMILES string of the molecule is CC(=O)N1Cc2ccnn2[C@@H](C(=O)NCc2ccco2)C1. The smallest absolute Gasteiger partial charge is 0.247 e. The summed E-state index contributed by atoms with van der Waals surface area (Å²) in [6, 6.07) is 4.87. The van der Waals surface area contributed by atoms with Gasteiger partial charge in [-0.2, -0.15) is 5.10 Å². The molecular formula is C14H16N4O3. The zero-order valence-electron chi connectivity index (χ0n) is 11.7. The van der Waals surface area contributed by atoms with Gasteiger partial charge in [-0.25, -0.2) is 0 Å². The Morgan fingerprint density at radius 1 is 1.48 bits per heavy atom. The largest absolute Gasteiger partial charge is 0.467 e. The van der Waals surface area contributed by atoms with E-state index in [-0.39, 0.29) is 11.8 Å². The van der Waals surface area contributed by atoms with E-state index >= 15 is 0 Å². The zero-order chi connectivity index (χ0) is 14.8. The fraction of sp³-hybridized carbons (Fsp3) is 0.357. The minimum absolute atomic E-state index is 0.0497. The topological polar surface area (TPSA) is 80.4 Å². The lowest BCUT2D eigenvalue weighted by Crippen LogP contribution is -2.46. The van der Waals surface area contributed by atoms with E-state index in [1.54, 1.807) is 34.2 Å². The summed E-state index contributed by atoms with van der Waals surface area (Å²) in [5.41, 5.74) is 0.856. The molecule has 2 aromatic heterocycles. The highest BCUT2D eigenvalue weighted by molar-refractivity contribution is 5.82. The number of hydrogen-bond donors (Lipinski definition) is 1. The van der Waals surface area contributed by atoms with Gasteiger partial charge in [-0.05, 0) is 18.2 Å². The Morgan fingerprint density at radius 2 is 2.33 bits per heavy atom. The highest BCUT2D eigenvalue weighted by Gasteiger charge is 2.31. The lowest BCUT2D eigenvalue weighted by Gasteiger charge is -2.32. The summed E-state index contributed by atoms with van der Waals surface area (Å²) in [4.78, 5) is 25.6. The van der Waals surface area contributed by atoms with Crippen LogP contribution < -0.4 is 5.32 Å². The molecule has 0 radical (unpaired) electrons. The average Bonchev–Trinajstić information content (AvgIpc) is 3.14. The molecule has 0 aliphatic carbocycles. The number of fused-ring (bicyclic) bond motifs is 1. The summed E-state index contributed by atoms with van der Waals surface area (Å²) in [5, 5.41) is 7.01. The molecule has 1 aliphatic heterocycles. The number of nitrogens with zero attached hydrogens (tertiary/aromatic N) is 3. The normalized spacial score (nSPS) is 17.4. The maximum absolute atomic E-state index is 12.4. The van der Waals surface area contributed by atoms with Gasteiger partial charge in [-0.1, -0.05) is 0 Å². The maximum Gasteiger partial charge on any atom is 0.247 e. The van der Waals surface area contributed by atoms with Crippen LogP contribution >= 0.6 is 0 Å². The van der Waals surface area contributed by atoms with Crippen LogP contribution in [0.1, 0.15) is 24.4 Å². The molecule has 7 heteroatoms. The van der Waals surface area contributed by atoms with Crippen molar-refractivity contribution in [2.24, 2.45) is 0 Å². The molecule has 1 aliphatic rings. The fourth-order valence-electron chi connectivity index (χ4n) is 2.43. The number of furan rings is 1. The van der Waals surface area contributed by atoms with Crippen molar-refractivity contribution >= 4 is 11.8 Å². The number of carbonyl (C=O) groups is 2. The van der Waals surface area contributed by atoms with Crippen LogP contribution in [0.4, 0.5) is 0 Å². The maximum atomic E-state index is 12.4. The van der Waals surface area contributed by atoms with Crippen LogP contribution in [0.15, 0.2) is 35.1 Å². The summed E-state index contributed by atoms with van der Waals surface area (Å²) in [6.07, 6.45) is 3.21. The third-order valence-corrected chi connectivity index (χ3v) is 3.56. The molecule has 110 valence electrons. The van der Waals surface area contributed by atoms with Gasteiger partial charge in [-0.3, -0.25) is 14.3 Å². The van der Waals surface area contributed by atoms with Crippen LogP contribution in [0.3, 0.4) is 0 Å². The van der Waals surface area contributed by atoms with Crippen molar-refractivity contribution in [2.75, 3.05) is 6.54 Å². The molecule has 3 heterocycles. The molecule has 2 amide bonds. The molecule has 3 rings (SSSR count). The van der Waals surface area contributed by atoms with Crippen molar-refractivity contribution in [3.63, 3.8) is 0 Å². The summed E-state index contributed by atoms with van der Waals surface area (Å²) in [6.45, 7) is 2.63. The van der Waals surface area contributed by atoms with E-state index in [1.165, 1.54) is 6.92 Å². The first-order valence-electron chi connectivity index (χ1n) is 6.73. The van der Waals surface area contributed by atoms with Crippen LogP contribution in [0.2, 0.25) is 0 Å². The highest BCUT2D eigenvalue weighted by Crippen LogP contribution is 2.20. The quantitative estimate of drug-likeness (QED) is 0.901. The Bertz CT molecular complexity index is 647. The molecule has 0 saturated heterocycles. The number of amides is 2. The summed E-state index contributed by atoms with van der Waals surface area (Å²) in [7, 11) is 0. The number of rotatable bonds is 3. The van der Waals surface area contributed by atoms with Gasteiger partial charge in [-0.15, -0.1) is 0 Å². The van der Waals surface area contributed by atoms with Crippen molar-refractivity contribution in [2.45, 2.75) is 26.1 Å². The average molecular weight is 288 g/mol.